The number of hydrogen-bond acceptors (Lipinski definition) is 5. The Morgan fingerprint density at radius 2 is 1.74 bits per heavy atom. The van der Waals surface area contributed by atoms with Gasteiger partial charge in [-0.15, -0.1) is 0 Å². The maximum Gasteiger partial charge on any atom is 0.291 e. The highest BCUT2D eigenvalue weighted by atomic mass is 16.6. The van der Waals surface area contributed by atoms with E-state index >= 15 is 0 Å². The molecule has 2 unspecified atom stereocenters. The van der Waals surface area contributed by atoms with E-state index in [2.05, 4.69) is 0 Å². The number of nitro benzene ring substituents is 1. The lowest BCUT2D eigenvalue weighted by molar-refractivity contribution is -0.895. The molecular weight excluding hydrogens is 398 g/mol. The van der Waals surface area contributed by atoms with E-state index in [4.69, 9.17) is 0 Å². The maximum absolute atomic E-state index is 13.3. The zero-order valence-corrected chi connectivity index (χ0v) is 17.6. The molecule has 2 aromatic carbocycles. The molecule has 3 rings (SSSR count). The van der Waals surface area contributed by atoms with Crippen LogP contribution in [0.4, 0.5) is 5.69 Å². The van der Waals surface area contributed by atoms with Gasteiger partial charge in [-0.25, -0.2) is 0 Å². The molecule has 1 N–H and O–H groups in total. The molecule has 2 atom stereocenters. The van der Waals surface area contributed by atoms with Gasteiger partial charge in [-0.3, -0.25) is 24.5 Å². The van der Waals surface area contributed by atoms with E-state index in [1.807, 2.05) is 13.8 Å². The normalized spacial score (nSPS) is 18.6. The number of non-ortho nitro benzene ring substituents is 1. The Balaban J connectivity index is 2.04. The molecule has 0 aromatic heterocycles. The highest BCUT2D eigenvalue weighted by molar-refractivity contribution is 6.44. The molecule has 0 radical (unpaired) electrons. The van der Waals surface area contributed by atoms with Crippen molar-refractivity contribution in [1.82, 2.24) is 4.90 Å². The van der Waals surface area contributed by atoms with Crippen LogP contribution < -0.4 is 4.90 Å². The standard InChI is InChI=1S/C23H25N3O5/c1-3-24(4-2)13-14-25-20(17-11-8-12-18(15-17)26(30)31)19(22(28)23(25)29)21(27)16-9-6-5-7-10-16/h5-12,15,19-20H,3-4,13-14H2,1-2H3/p+1. The number of likely N-dealkylation sites (N-methyl/N-ethyl adjacent to an activating group) is 1. The number of nitro groups is 1. The molecule has 0 saturated carbocycles. The lowest BCUT2D eigenvalue weighted by Crippen LogP contribution is -3.12. The fraction of sp³-hybridized carbons (Fsp3) is 0.348. The van der Waals surface area contributed by atoms with Gasteiger partial charge >= 0.3 is 0 Å². The number of nitrogens with one attached hydrogen (secondary N) is 1. The first-order chi connectivity index (χ1) is 14.9. The van der Waals surface area contributed by atoms with Crippen molar-refractivity contribution in [2.75, 3.05) is 26.2 Å². The van der Waals surface area contributed by atoms with Gasteiger partial charge in [-0.1, -0.05) is 42.5 Å². The predicted molar refractivity (Wildman–Crippen MR) is 114 cm³/mol. The van der Waals surface area contributed by atoms with Crippen molar-refractivity contribution in [2.45, 2.75) is 19.9 Å². The summed E-state index contributed by atoms with van der Waals surface area (Å²) in [5.74, 6) is -3.16. The third-order valence-electron chi connectivity index (χ3n) is 5.88. The first-order valence-electron chi connectivity index (χ1n) is 10.4. The molecule has 1 saturated heterocycles. The molecule has 2 aromatic rings. The van der Waals surface area contributed by atoms with Crippen LogP contribution in [0, 0.1) is 16.0 Å². The molecule has 0 bridgehead atoms. The van der Waals surface area contributed by atoms with Gasteiger partial charge in [0.1, 0.15) is 5.92 Å². The molecule has 162 valence electrons. The van der Waals surface area contributed by atoms with Gasteiger partial charge in [0.25, 0.3) is 11.6 Å². The summed E-state index contributed by atoms with van der Waals surface area (Å²) in [7, 11) is 0. The van der Waals surface area contributed by atoms with Gasteiger partial charge < -0.3 is 9.80 Å². The average Bonchev–Trinajstić information content (AvgIpc) is 3.05. The molecule has 1 heterocycles. The summed E-state index contributed by atoms with van der Waals surface area (Å²) in [6, 6.07) is 13.3. The SMILES string of the molecule is CC[NH+](CC)CCN1C(=O)C(=O)C(C(=O)c2ccccc2)C1c1cccc([N+](=O)[O-])c1. The molecule has 1 aliphatic heterocycles. The van der Waals surface area contributed by atoms with E-state index in [1.54, 1.807) is 36.4 Å². The zero-order chi connectivity index (χ0) is 22.5. The van der Waals surface area contributed by atoms with E-state index in [9.17, 15) is 24.5 Å². The van der Waals surface area contributed by atoms with Crippen LogP contribution in [0.2, 0.25) is 0 Å². The number of likely N-dealkylation sites (tertiary alicyclic amines) is 1. The van der Waals surface area contributed by atoms with Crippen molar-refractivity contribution in [3.05, 3.63) is 75.8 Å². The summed E-state index contributed by atoms with van der Waals surface area (Å²) >= 11 is 0. The topological polar surface area (TPSA) is 102 Å². The largest absolute Gasteiger partial charge is 0.334 e. The minimum atomic E-state index is -1.23. The van der Waals surface area contributed by atoms with E-state index in [0.717, 1.165) is 13.1 Å². The van der Waals surface area contributed by atoms with Crippen LogP contribution >= 0.6 is 0 Å². The Morgan fingerprint density at radius 3 is 2.35 bits per heavy atom. The number of ketones is 2. The lowest BCUT2D eigenvalue weighted by Gasteiger charge is -2.28. The minimum Gasteiger partial charge on any atom is -0.334 e. The number of nitrogens with zero attached hydrogens (tertiary/aromatic N) is 2. The number of hydrogen-bond donors (Lipinski definition) is 1. The summed E-state index contributed by atoms with van der Waals surface area (Å²) in [6.07, 6.45) is 0. The van der Waals surface area contributed by atoms with Gasteiger partial charge in [0, 0.05) is 17.7 Å². The van der Waals surface area contributed by atoms with E-state index in [1.165, 1.54) is 28.0 Å². The molecule has 0 aliphatic carbocycles. The average molecular weight is 424 g/mol. The smallest absolute Gasteiger partial charge is 0.291 e. The number of Topliss-reactive ketones (excluding diaryl/α,β-unsaturated/α-hetero) is 2. The monoisotopic (exact) mass is 424 g/mol. The Bertz CT molecular complexity index is 988. The second kappa shape index (κ2) is 9.61. The molecule has 8 heteroatoms. The zero-order valence-electron chi connectivity index (χ0n) is 17.6. The quantitative estimate of drug-likeness (QED) is 0.216. The summed E-state index contributed by atoms with van der Waals surface area (Å²) in [5.41, 5.74) is 0.599. The number of quaternary nitrogens is 1. The van der Waals surface area contributed by atoms with Crippen molar-refractivity contribution < 1.29 is 24.2 Å². The van der Waals surface area contributed by atoms with Crippen LogP contribution in [0.3, 0.4) is 0 Å². The highest BCUT2D eigenvalue weighted by Crippen LogP contribution is 2.38. The molecular formula is C23H26N3O5+. The van der Waals surface area contributed by atoms with Crippen LogP contribution in [0.15, 0.2) is 54.6 Å². The van der Waals surface area contributed by atoms with Crippen LogP contribution in [0.5, 0.6) is 0 Å². The molecule has 1 fully saturated rings. The number of carbonyl (C=O) groups excluding carboxylic acids is 3. The summed E-state index contributed by atoms with van der Waals surface area (Å²) < 4.78 is 0. The van der Waals surface area contributed by atoms with Crippen molar-refractivity contribution in [3.8, 4) is 0 Å². The second-order valence-electron chi connectivity index (χ2n) is 7.57. The molecule has 1 amide bonds. The third kappa shape index (κ3) is 4.54. The minimum absolute atomic E-state index is 0.149. The van der Waals surface area contributed by atoms with E-state index in [0.29, 0.717) is 17.7 Å². The van der Waals surface area contributed by atoms with Gasteiger partial charge in [-0.05, 0) is 19.4 Å². The van der Waals surface area contributed by atoms with Crippen molar-refractivity contribution in [3.63, 3.8) is 0 Å². The van der Waals surface area contributed by atoms with Crippen molar-refractivity contribution in [1.29, 1.82) is 0 Å². The molecule has 8 nitrogen and oxygen atoms in total. The highest BCUT2D eigenvalue weighted by Gasteiger charge is 2.51. The number of amides is 1. The molecule has 0 spiro atoms. The Labute approximate surface area is 180 Å². The number of rotatable bonds is 9. The number of carbonyl (C=O) groups is 3. The first-order valence-corrected chi connectivity index (χ1v) is 10.4. The maximum atomic E-state index is 13.3. The number of benzene rings is 2. The van der Waals surface area contributed by atoms with Crippen LogP contribution in [-0.2, 0) is 9.59 Å². The third-order valence-corrected chi connectivity index (χ3v) is 5.88. The van der Waals surface area contributed by atoms with Crippen LogP contribution in [-0.4, -0.2) is 53.5 Å². The van der Waals surface area contributed by atoms with Gasteiger partial charge in [0.15, 0.2) is 5.78 Å². The van der Waals surface area contributed by atoms with E-state index < -0.39 is 34.4 Å². The van der Waals surface area contributed by atoms with Gasteiger partial charge in [-0.2, -0.15) is 0 Å². The Kier molecular flexibility index (Phi) is 6.91. The predicted octanol–water partition coefficient (Wildman–Crippen LogP) is 1.47. The van der Waals surface area contributed by atoms with Gasteiger partial charge in [0.05, 0.1) is 37.1 Å². The summed E-state index contributed by atoms with van der Waals surface area (Å²) in [5, 5.41) is 11.3. The molecule has 31 heavy (non-hydrogen) atoms. The lowest BCUT2D eigenvalue weighted by atomic mass is 9.86. The second-order valence-corrected chi connectivity index (χ2v) is 7.57. The molecule has 1 aliphatic rings. The fourth-order valence-electron chi connectivity index (χ4n) is 4.09. The van der Waals surface area contributed by atoms with Crippen LogP contribution in [0.1, 0.15) is 35.8 Å². The summed E-state index contributed by atoms with van der Waals surface area (Å²) in [4.78, 5) is 52.6. The first kappa shape index (κ1) is 22.3. The Hall–Kier alpha value is -3.39. The van der Waals surface area contributed by atoms with Gasteiger partial charge in [0.2, 0.25) is 5.78 Å². The van der Waals surface area contributed by atoms with Crippen LogP contribution in [0.25, 0.3) is 0 Å². The fourth-order valence-corrected chi connectivity index (χ4v) is 4.09. The Morgan fingerprint density at radius 1 is 1.06 bits per heavy atom. The van der Waals surface area contributed by atoms with E-state index in [-0.39, 0.29) is 12.2 Å². The van der Waals surface area contributed by atoms with Crippen molar-refractivity contribution in [2.24, 2.45) is 5.92 Å². The van der Waals surface area contributed by atoms with Crippen molar-refractivity contribution >= 4 is 23.2 Å². The summed E-state index contributed by atoms with van der Waals surface area (Å²) in [6.45, 7) is 6.70.